The molecule has 0 aromatic rings. The van der Waals surface area contributed by atoms with E-state index in [1.807, 2.05) is 0 Å². The average molecular weight is 375 g/mol. The Balaban J connectivity index is 4.13. The summed E-state index contributed by atoms with van der Waals surface area (Å²) in [6, 6.07) is 0. The number of aliphatic hydroxyl groups is 1. The van der Waals surface area contributed by atoms with E-state index in [9.17, 15) is 14.4 Å². The Morgan fingerprint density at radius 2 is 1.92 bits per heavy atom. The van der Waals surface area contributed by atoms with Gasteiger partial charge < -0.3 is 20.1 Å². The highest BCUT2D eigenvalue weighted by Gasteiger charge is 2.22. The van der Waals surface area contributed by atoms with Gasteiger partial charge in [0.2, 0.25) is 11.8 Å². The van der Waals surface area contributed by atoms with Crippen molar-refractivity contribution in [2.75, 3.05) is 32.5 Å². The molecule has 0 aliphatic rings. The van der Waals surface area contributed by atoms with Crippen LogP contribution in [0.3, 0.4) is 0 Å². The Morgan fingerprint density at radius 3 is 2.56 bits per heavy atom. The highest BCUT2D eigenvalue weighted by atomic mass is 32.2. The van der Waals surface area contributed by atoms with Crippen LogP contribution in [0.15, 0.2) is 0 Å². The third kappa shape index (κ3) is 12.9. The fourth-order valence-corrected chi connectivity index (χ4v) is 3.43. The molecular weight excluding hydrogens is 340 g/mol. The predicted molar refractivity (Wildman–Crippen MR) is 103 cm³/mol. The number of thioether (sulfide) groups is 1. The lowest BCUT2D eigenvalue weighted by Gasteiger charge is -2.22. The van der Waals surface area contributed by atoms with E-state index < -0.39 is 0 Å². The summed E-state index contributed by atoms with van der Waals surface area (Å²) in [5, 5.41) is 11.2. The molecular formula is C18H34N2O4S. The number of hydrogen-bond donors (Lipinski definition) is 2. The normalized spacial score (nSPS) is 11.8. The fraction of sp³-hybridized carbons (Fsp3) is 0.833. The van der Waals surface area contributed by atoms with Crippen LogP contribution in [-0.2, 0) is 14.4 Å². The Labute approximate surface area is 156 Å². The van der Waals surface area contributed by atoms with Gasteiger partial charge in [-0.2, -0.15) is 0 Å². The van der Waals surface area contributed by atoms with Gasteiger partial charge in [-0.3, -0.25) is 9.59 Å². The van der Waals surface area contributed by atoms with Crippen molar-refractivity contribution in [1.82, 2.24) is 10.2 Å². The van der Waals surface area contributed by atoms with Gasteiger partial charge in [-0.15, -0.1) is 11.8 Å². The number of aliphatic hydroxyl groups excluding tert-OH is 1. The van der Waals surface area contributed by atoms with Crippen LogP contribution in [0.1, 0.15) is 58.3 Å². The van der Waals surface area contributed by atoms with E-state index in [4.69, 9.17) is 5.11 Å². The first kappa shape index (κ1) is 23.9. The molecule has 25 heavy (non-hydrogen) atoms. The molecule has 0 aliphatic carbocycles. The average Bonchev–Trinajstić information content (AvgIpc) is 2.61. The molecule has 0 rings (SSSR count). The van der Waals surface area contributed by atoms with E-state index >= 15 is 0 Å². The number of nitrogens with zero attached hydrogens (tertiary/aromatic N) is 1. The molecule has 146 valence electrons. The number of amides is 2. The summed E-state index contributed by atoms with van der Waals surface area (Å²) < 4.78 is 0. The zero-order valence-corrected chi connectivity index (χ0v) is 16.5. The lowest BCUT2D eigenvalue weighted by atomic mass is 10.2. The minimum absolute atomic E-state index is 0.0448. The third-order valence-corrected chi connectivity index (χ3v) is 5.18. The van der Waals surface area contributed by atoms with E-state index in [1.165, 1.54) is 11.8 Å². The summed E-state index contributed by atoms with van der Waals surface area (Å²) in [4.78, 5) is 36.6. The second-order valence-electron chi connectivity index (χ2n) is 6.11. The fourth-order valence-electron chi connectivity index (χ4n) is 2.24. The van der Waals surface area contributed by atoms with Crippen molar-refractivity contribution in [3.63, 3.8) is 0 Å². The molecule has 1 atom stereocenters. The summed E-state index contributed by atoms with van der Waals surface area (Å²) in [5.74, 6) is 0.687. The molecule has 6 nitrogen and oxygen atoms in total. The molecule has 1 unspecified atom stereocenters. The third-order valence-electron chi connectivity index (χ3n) is 3.86. The summed E-state index contributed by atoms with van der Waals surface area (Å²) in [6.45, 7) is 3.32. The highest BCUT2D eigenvalue weighted by Crippen LogP contribution is 2.19. The van der Waals surface area contributed by atoms with Gasteiger partial charge >= 0.3 is 0 Å². The largest absolute Gasteiger partial charge is 0.396 e. The maximum Gasteiger partial charge on any atom is 0.235 e. The zero-order valence-electron chi connectivity index (χ0n) is 15.7. The monoisotopic (exact) mass is 374 g/mol. The molecule has 0 aromatic carbocycles. The van der Waals surface area contributed by atoms with Gasteiger partial charge in [0.25, 0.3) is 0 Å². The number of aldehydes is 1. The Morgan fingerprint density at radius 1 is 1.20 bits per heavy atom. The molecule has 0 aliphatic heterocycles. The van der Waals surface area contributed by atoms with Crippen LogP contribution in [0.4, 0.5) is 0 Å². The van der Waals surface area contributed by atoms with E-state index in [-0.39, 0.29) is 36.5 Å². The van der Waals surface area contributed by atoms with E-state index in [2.05, 4.69) is 12.2 Å². The Hall–Kier alpha value is -1.08. The zero-order chi connectivity index (χ0) is 18.9. The van der Waals surface area contributed by atoms with Gasteiger partial charge in [0.1, 0.15) is 6.29 Å². The highest BCUT2D eigenvalue weighted by molar-refractivity contribution is 8.00. The van der Waals surface area contributed by atoms with Gasteiger partial charge in [-0.05, 0) is 25.0 Å². The standard InChI is InChI=1S/C18H34N2O4S/c1-3-4-11-19-17(23)9-12-20(2)18(24)16(10-14-22)25-15-8-6-5-7-13-21/h14,16,21H,3-13,15H2,1-2H3,(H,19,23). The number of carbonyl (C=O) groups excluding carboxylic acids is 3. The first-order valence-electron chi connectivity index (χ1n) is 9.24. The molecule has 0 spiro atoms. The van der Waals surface area contributed by atoms with Gasteiger partial charge in [-0.25, -0.2) is 0 Å². The lowest BCUT2D eigenvalue weighted by Crippen LogP contribution is -2.38. The number of carbonyl (C=O) groups is 3. The molecule has 7 heteroatoms. The van der Waals surface area contributed by atoms with Crippen molar-refractivity contribution >= 4 is 29.9 Å². The van der Waals surface area contributed by atoms with Crippen LogP contribution in [-0.4, -0.2) is 65.9 Å². The molecule has 0 radical (unpaired) electrons. The van der Waals surface area contributed by atoms with Crippen LogP contribution in [0.5, 0.6) is 0 Å². The van der Waals surface area contributed by atoms with Crippen molar-refractivity contribution in [3.05, 3.63) is 0 Å². The van der Waals surface area contributed by atoms with Gasteiger partial charge in [-0.1, -0.05) is 26.2 Å². The summed E-state index contributed by atoms with van der Waals surface area (Å²) in [5.41, 5.74) is 0. The minimum Gasteiger partial charge on any atom is -0.396 e. The molecule has 2 N–H and O–H groups in total. The summed E-state index contributed by atoms with van der Waals surface area (Å²) >= 11 is 1.51. The summed E-state index contributed by atoms with van der Waals surface area (Å²) in [7, 11) is 1.68. The maximum absolute atomic E-state index is 12.5. The van der Waals surface area contributed by atoms with Gasteiger partial charge in [0.15, 0.2) is 0 Å². The Kier molecular flexibility index (Phi) is 15.7. The van der Waals surface area contributed by atoms with Crippen molar-refractivity contribution in [2.24, 2.45) is 0 Å². The van der Waals surface area contributed by atoms with E-state index in [0.717, 1.165) is 50.6 Å². The minimum atomic E-state index is -0.372. The van der Waals surface area contributed by atoms with Crippen molar-refractivity contribution in [3.8, 4) is 0 Å². The predicted octanol–water partition coefficient (Wildman–Crippen LogP) is 1.99. The van der Waals surface area contributed by atoms with Crippen molar-refractivity contribution < 1.29 is 19.5 Å². The number of unbranched alkanes of at least 4 members (excludes halogenated alkanes) is 4. The Bertz CT molecular complexity index is 380. The van der Waals surface area contributed by atoms with Gasteiger partial charge in [0.05, 0.1) is 5.25 Å². The molecule has 0 bridgehead atoms. The molecule has 0 saturated carbocycles. The topological polar surface area (TPSA) is 86.7 Å². The maximum atomic E-state index is 12.5. The molecule has 0 aromatic heterocycles. The molecule has 0 saturated heterocycles. The SMILES string of the molecule is CCCCNC(=O)CCN(C)C(=O)C(CC=O)SCCCCCCO. The molecule has 0 fully saturated rings. The second-order valence-corrected chi connectivity index (χ2v) is 7.42. The molecule has 2 amide bonds. The smallest absolute Gasteiger partial charge is 0.235 e. The van der Waals surface area contributed by atoms with E-state index in [1.54, 1.807) is 11.9 Å². The number of nitrogens with one attached hydrogen (secondary N) is 1. The van der Waals surface area contributed by atoms with Crippen LogP contribution in [0, 0.1) is 0 Å². The van der Waals surface area contributed by atoms with Crippen molar-refractivity contribution in [2.45, 2.75) is 63.5 Å². The van der Waals surface area contributed by atoms with Gasteiger partial charge in [0, 0.05) is 39.6 Å². The lowest BCUT2D eigenvalue weighted by molar-refractivity contribution is -0.131. The first-order valence-corrected chi connectivity index (χ1v) is 10.3. The summed E-state index contributed by atoms with van der Waals surface area (Å²) in [6.07, 6.45) is 7.03. The van der Waals surface area contributed by atoms with Crippen LogP contribution in [0.25, 0.3) is 0 Å². The van der Waals surface area contributed by atoms with Crippen LogP contribution < -0.4 is 5.32 Å². The van der Waals surface area contributed by atoms with E-state index in [0.29, 0.717) is 13.1 Å². The van der Waals surface area contributed by atoms with Crippen LogP contribution in [0.2, 0.25) is 0 Å². The van der Waals surface area contributed by atoms with Crippen LogP contribution >= 0.6 is 11.8 Å². The molecule has 0 heterocycles. The second kappa shape index (κ2) is 16.4. The number of rotatable bonds is 16. The first-order chi connectivity index (χ1) is 12.1. The number of hydrogen-bond acceptors (Lipinski definition) is 5. The van der Waals surface area contributed by atoms with Crippen molar-refractivity contribution in [1.29, 1.82) is 0 Å². The quantitative estimate of drug-likeness (QED) is 0.319.